The van der Waals surface area contributed by atoms with Crippen LogP contribution in [0.15, 0.2) is 5.16 Å². The number of fused-ring (bicyclic) bond motifs is 1. The molecular formula is C9H16N2O. The van der Waals surface area contributed by atoms with Crippen molar-refractivity contribution in [2.45, 2.75) is 32.2 Å². The average molecular weight is 168 g/mol. The van der Waals surface area contributed by atoms with Crippen LogP contribution in [-0.4, -0.2) is 36.3 Å². The van der Waals surface area contributed by atoms with Gasteiger partial charge in [-0.1, -0.05) is 5.16 Å². The molecule has 3 nitrogen and oxygen atoms in total. The van der Waals surface area contributed by atoms with E-state index in [1.54, 1.807) is 0 Å². The molecule has 0 spiro atoms. The minimum atomic E-state index is 0.689. The van der Waals surface area contributed by atoms with E-state index in [1.807, 2.05) is 6.92 Å². The van der Waals surface area contributed by atoms with Crippen LogP contribution in [0, 0.1) is 0 Å². The molecule has 2 rings (SSSR count). The lowest BCUT2D eigenvalue weighted by Crippen LogP contribution is -2.22. The first-order valence-corrected chi connectivity index (χ1v) is 4.82. The fourth-order valence-corrected chi connectivity index (χ4v) is 2.13. The number of oxime groups is 1. The van der Waals surface area contributed by atoms with Gasteiger partial charge in [0.2, 0.25) is 0 Å². The number of hydrogen-bond donors (Lipinski definition) is 0. The van der Waals surface area contributed by atoms with Gasteiger partial charge in [-0.3, -0.25) is 4.90 Å². The van der Waals surface area contributed by atoms with Gasteiger partial charge in [-0.25, -0.2) is 0 Å². The second kappa shape index (κ2) is 3.44. The molecule has 0 aromatic heterocycles. The SMILES string of the molecule is CCO/N=C1/CC2CCCN2C1. The fourth-order valence-electron chi connectivity index (χ4n) is 2.13. The highest BCUT2D eigenvalue weighted by Crippen LogP contribution is 2.25. The first-order chi connectivity index (χ1) is 5.90. The van der Waals surface area contributed by atoms with Gasteiger partial charge in [-0.15, -0.1) is 0 Å². The fraction of sp³-hybridized carbons (Fsp3) is 0.889. The van der Waals surface area contributed by atoms with Crippen LogP contribution < -0.4 is 0 Å². The Kier molecular flexibility index (Phi) is 2.30. The van der Waals surface area contributed by atoms with E-state index in [0.29, 0.717) is 6.61 Å². The van der Waals surface area contributed by atoms with Gasteiger partial charge in [0.05, 0.1) is 5.71 Å². The normalized spacial score (nSPS) is 32.8. The molecule has 0 N–H and O–H groups in total. The van der Waals surface area contributed by atoms with E-state index in [9.17, 15) is 0 Å². The summed E-state index contributed by atoms with van der Waals surface area (Å²) < 4.78 is 0. The van der Waals surface area contributed by atoms with Crippen molar-refractivity contribution in [2.75, 3.05) is 19.7 Å². The summed E-state index contributed by atoms with van der Waals surface area (Å²) in [6, 6.07) is 0.782. The molecule has 3 heteroatoms. The summed E-state index contributed by atoms with van der Waals surface area (Å²) in [5.41, 5.74) is 1.24. The van der Waals surface area contributed by atoms with Crippen LogP contribution >= 0.6 is 0 Å². The van der Waals surface area contributed by atoms with E-state index < -0.39 is 0 Å². The Bertz CT molecular complexity index is 177. The molecule has 0 aromatic carbocycles. The van der Waals surface area contributed by atoms with Gasteiger partial charge in [-0.05, 0) is 26.3 Å². The zero-order valence-electron chi connectivity index (χ0n) is 7.62. The molecule has 0 saturated carbocycles. The highest BCUT2D eigenvalue weighted by molar-refractivity contribution is 5.88. The molecule has 1 unspecified atom stereocenters. The summed E-state index contributed by atoms with van der Waals surface area (Å²) in [7, 11) is 0. The van der Waals surface area contributed by atoms with E-state index in [-0.39, 0.29) is 0 Å². The summed E-state index contributed by atoms with van der Waals surface area (Å²) in [4.78, 5) is 7.56. The average Bonchev–Trinajstić information content (AvgIpc) is 2.58. The van der Waals surface area contributed by atoms with Crippen molar-refractivity contribution in [2.24, 2.45) is 5.16 Å². The lowest BCUT2D eigenvalue weighted by molar-refractivity contribution is 0.158. The first-order valence-electron chi connectivity index (χ1n) is 4.82. The Morgan fingerprint density at radius 3 is 3.33 bits per heavy atom. The van der Waals surface area contributed by atoms with E-state index in [2.05, 4.69) is 10.1 Å². The quantitative estimate of drug-likeness (QED) is 0.580. The van der Waals surface area contributed by atoms with E-state index in [0.717, 1.165) is 19.0 Å². The molecular weight excluding hydrogens is 152 g/mol. The Morgan fingerprint density at radius 2 is 2.58 bits per heavy atom. The largest absolute Gasteiger partial charge is 0.396 e. The Labute approximate surface area is 73.4 Å². The van der Waals surface area contributed by atoms with E-state index in [4.69, 9.17) is 4.84 Å². The summed E-state index contributed by atoms with van der Waals surface area (Å²) in [5.74, 6) is 0. The van der Waals surface area contributed by atoms with Crippen LogP contribution in [0.3, 0.4) is 0 Å². The zero-order chi connectivity index (χ0) is 8.39. The van der Waals surface area contributed by atoms with Crippen molar-refractivity contribution in [3.8, 4) is 0 Å². The van der Waals surface area contributed by atoms with Crippen LogP contribution in [0.2, 0.25) is 0 Å². The maximum atomic E-state index is 5.04. The van der Waals surface area contributed by atoms with Crippen molar-refractivity contribution in [3.05, 3.63) is 0 Å². The molecule has 68 valence electrons. The van der Waals surface area contributed by atoms with E-state index >= 15 is 0 Å². The smallest absolute Gasteiger partial charge is 0.114 e. The highest BCUT2D eigenvalue weighted by atomic mass is 16.6. The van der Waals surface area contributed by atoms with Gasteiger partial charge in [0.15, 0.2) is 0 Å². The lowest BCUT2D eigenvalue weighted by Gasteiger charge is -2.11. The molecule has 12 heavy (non-hydrogen) atoms. The summed E-state index contributed by atoms with van der Waals surface area (Å²) in [5, 5.41) is 4.10. The van der Waals surface area contributed by atoms with Gasteiger partial charge >= 0.3 is 0 Å². The van der Waals surface area contributed by atoms with Gasteiger partial charge in [-0.2, -0.15) is 0 Å². The minimum Gasteiger partial charge on any atom is -0.396 e. The predicted octanol–water partition coefficient (Wildman–Crippen LogP) is 1.25. The molecule has 0 amide bonds. The standard InChI is InChI=1S/C9H16N2O/c1-2-12-10-8-6-9-4-3-5-11(9)7-8/h9H,2-7H2,1H3/b10-8-. The second-order valence-corrected chi connectivity index (χ2v) is 3.55. The Morgan fingerprint density at radius 1 is 1.67 bits per heavy atom. The number of rotatable bonds is 2. The van der Waals surface area contributed by atoms with Gasteiger partial charge in [0.1, 0.15) is 6.61 Å². The maximum absolute atomic E-state index is 5.04. The van der Waals surface area contributed by atoms with Crippen molar-refractivity contribution >= 4 is 5.71 Å². The molecule has 0 radical (unpaired) electrons. The van der Waals surface area contributed by atoms with Crippen LogP contribution in [0.25, 0.3) is 0 Å². The Hall–Kier alpha value is -0.570. The molecule has 2 heterocycles. The summed E-state index contributed by atoms with van der Waals surface area (Å²) >= 11 is 0. The highest BCUT2D eigenvalue weighted by Gasteiger charge is 2.32. The van der Waals surface area contributed by atoms with Crippen LogP contribution in [0.5, 0.6) is 0 Å². The van der Waals surface area contributed by atoms with Crippen molar-refractivity contribution in [1.29, 1.82) is 0 Å². The number of hydrogen-bond acceptors (Lipinski definition) is 3. The third-order valence-electron chi connectivity index (χ3n) is 2.68. The monoisotopic (exact) mass is 168 g/mol. The molecule has 2 fully saturated rings. The molecule has 0 aliphatic carbocycles. The lowest BCUT2D eigenvalue weighted by atomic mass is 10.1. The van der Waals surface area contributed by atoms with Gasteiger partial charge in [0.25, 0.3) is 0 Å². The molecule has 0 aromatic rings. The molecule has 2 aliphatic rings. The van der Waals surface area contributed by atoms with Crippen molar-refractivity contribution in [3.63, 3.8) is 0 Å². The molecule has 1 atom stereocenters. The zero-order valence-corrected chi connectivity index (χ0v) is 7.62. The topological polar surface area (TPSA) is 24.8 Å². The predicted molar refractivity (Wildman–Crippen MR) is 48.3 cm³/mol. The minimum absolute atomic E-state index is 0.689. The Balaban J connectivity index is 1.90. The van der Waals surface area contributed by atoms with Crippen LogP contribution in [0.4, 0.5) is 0 Å². The second-order valence-electron chi connectivity index (χ2n) is 3.55. The molecule has 2 aliphatic heterocycles. The van der Waals surface area contributed by atoms with Crippen molar-refractivity contribution < 1.29 is 4.84 Å². The van der Waals surface area contributed by atoms with Crippen LogP contribution in [-0.2, 0) is 4.84 Å². The van der Waals surface area contributed by atoms with Crippen molar-refractivity contribution in [1.82, 2.24) is 4.90 Å². The molecule has 2 saturated heterocycles. The summed E-state index contributed by atoms with van der Waals surface area (Å²) in [6.45, 7) is 4.97. The first kappa shape index (κ1) is 8.05. The molecule has 0 bridgehead atoms. The van der Waals surface area contributed by atoms with Crippen LogP contribution in [0.1, 0.15) is 26.2 Å². The third-order valence-corrected chi connectivity index (χ3v) is 2.68. The number of nitrogens with zero attached hydrogens (tertiary/aromatic N) is 2. The third kappa shape index (κ3) is 1.46. The van der Waals surface area contributed by atoms with Gasteiger partial charge in [0, 0.05) is 19.0 Å². The maximum Gasteiger partial charge on any atom is 0.114 e. The van der Waals surface area contributed by atoms with Gasteiger partial charge < -0.3 is 4.84 Å². The summed E-state index contributed by atoms with van der Waals surface area (Å²) in [6.07, 6.45) is 3.86. The van der Waals surface area contributed by atoms with E-state index in [1.165, 1.54) is 25.1 Å².